The molecule has 7 heteroatoms. The van der Waals surface area contributed by atoms with Crippen LogP contribution in [0.4, 0.5) is 0 Å². The molecule has 1 aliphatic carbocycles. The lowest BCUT2D eigenvalue weighted by atomic mass is 9.87. The number of aliphatic hydroxyl groups is 1. The molecule has 0 spiro atoms. The Bertz CT molecular complexity index is 509. The van der Waals surface area contributed by atoms with Gasteiger partial charge in [-0.3, -0.25) is 9.59 Å². The van der Waals surface area contributed by atoms with E-state index in [0.29, 0.717) is 11.2 Å². The predicted molar refractivity (Wildman–Crippen MR) is 79.7 cm³/mol. The van der Waals surface area contributed by atoms with Crippen LogP contribution in [0.2, 0.25) is 0 Å². The van der Waals surface area contributed by atoms with Crippen molar-refractivity contribution in [3.8, 4) is 0 Å². The van der Waals surface area contributed by atoms with E-state index < -0.39 is 5.91 Å². The van der Waals surface area contributed by atoms with Crippen LogP contribution in [0.3, 0.4) is 0 Å². The molecule has 0 aromatic carbocycles. The van der Waals surface area contributed by atoms with E-state index in [4.69, 9.17) is 4.42 Å². The molecule has 2 amide bonds. The Hall–Kier alpha value is -1.34. The zero-order chi connectivity index (χ0) is 15.3. The fourth-order valence-electron chi connectivity index (χ4n) is 2.55. The van der Waals surface area contributed by atoms with Crippen molar-refractivity contribution in [1.29, 1.82) is 0 Å². The Kier molecular flexibility index (Phi) is 5.41. The lowest BCUT2D eigenvalue weighted by molar-refractivity contribution is -0.120. The maximum Gasteiger partial charge on any atom is 0.287 e. The SMILES string of the molecule is O=C(CNC(=O)c1ccc(Br)o1)NCC1(CO)CCCC1. The number of aliphatic hydroxyl groups excluding tert-OH is 1. The molecule has 1 aliphatic rings. The summed E-state index contributed by atoms with van der Waals surface area (Å²) in [5.41, 5.74) is -0.189. The zero-order valence-corrected chi connectivity index (χ0v) is 13.2. The highest BCUT2D eigenvalue weighted by Crippen LogP contribution is 2.36. The summed E-state index contributed by atoms with van der Waals surface area (Å²) in [6.45, 7) is 0.420. The molecule has 1 aromatic rings. The van der Waals surface area contributed by atoms with Gasteiger partial charge in [0, 0.05) is 12.0 Å². The van der Waals surface area contributed by atoms with E-state index in [2.05, 4.69) is 26.6 Å². The van der Waals surface area contributed by atoms with Crippen LogP contribution in [0.1, 0.15) is 36.2 Å². The van der Waals surface area contributed by atoms with E-state index in [-0.39, 0.29) is 30.2 Å². The van der Waals surface area contributed by atoms with Gasteiger partial charge in [0.05, 0.1) is 13.2 Å². The van der Waals surface area contributed by atoms with Crippen molar-refractivity contribution in [3.05, 3.63) is 22.6 Å². The first-order valence-electron chi connectivity index (χ1n) is 6.96. The van der Waals surface area contributed by atoms with Gasteiger partial charge in [0.1, 0.15) is 0 Å². The highest BCUT2D eigenvalue weighted by molar-refractivity contribution is 9.10. The number of amides is 2. The standard InChI is InChI=1S/C14H19BrN2O4/c15-11-4-3-10(21-11)13(20)16-7-12(19)17-8-14(9-18)5-1-2-6-14/h3-4,18H,1-2,5-9H2,(H,16,20)(H,17,19). The molecule has 6 nitrogen and oxygen atoms in total. The fourth-order valence-corrected chi connectivity index (χ4v) is 2.85. The number of nitrogens with one attached hydrogen (secondary N) is 2. The van der Waals surface area contributed by atoms with Crippen LogP contribution >= 0.6 is 15.9 Å². The first-order valence-corrected chi connectivity index (χ1v) is 7.75. The molecular weight excluding hydrogens is 340 g/mol. The van der Waals surface area contributed by atoms with E-state index in [1.54, 1.807) is 6.07 Å². The van der Waals surface area contributed by atoms with E-state index in [9.17, 15) is 14.7 Å². The molecule has 1 aromatic heterocycles. The second-order valence-corrected chi connectivity index (χ2v) is 6.21. The Balaban J connectivity index is 1.73. The highest BCUT2D eigenvalue weighted by Gasteiger charge is 2.33. The smallest absolute Gasteiger partial charge is 0.287 e. The van der Waals surface area contributed by atoms with Crippen LogP contribution in [0, 0.1) is 5.41 Å². The van der Waals surface area contributed by atoms with Crippen LogP contribution in [-0.4, -0.2) is 36.6 Å². The Morgan fingerprint density at radius 1 is 1.29 bits per heavy atom. The summed E-state index contributed by atoms with van der Waals surface area (Å²) in [5.74, 6) is -0.556. The van der Waals surface area contributed by atoms with Crippen LogP contribution in [0.15, 0.2) is 21.2 Å². The summed E-state index contributed by atoms with van der Waals surface area (Å²) in [7, 11) is 0. The first-order chi connectivity index (χ1) is 10.0. The number of hydrogen-bond donors (Lipinski definition) is 3. The molecule has 21 heavy (non-hydrogen) atoms. The second kappa shape index (κ2) is 7.09. The summed E-state index contributed by atoms with van der Waals surface area (Å²) in [5, 5.41) is 14.7. The summed E-state index contributed by atoms with van der Waals surface area (Å²) in [4.78, 5) is 23.4. The van der Waals surface area contributed by atoms with E-state index in [1.807, 2.05) is 0 Å². The van der Waals surface area contributed by atoms with E-state index in [0.717, 1.165) is 25.7 Å². The molecule has 0 atom stereocenters. The summed E-state index contributed by atoms with van der Waals surface area (Å²) in [6, 6.07) is 3.14. The molecule has 1 saturated carbocycles. The minimum Gasteiger partial charge on any atom is -0.444 e. The number of carbonyl (C=O) groups excluding carboxylic acids is 2. The zero-order valence-electron chi connectivity index (χ0n) is 11.7. The lowest BCUT2D eigenvalue weighted by Gasteiger charge is -2.26. The minimum absolute atomic E-state index is 0.0834. The maximum absolute atomic E-state index is 11.8. The first kappa shape index (κ1) is 16.0. The van der Waals surface area contributed by atoms with Gasteiger partial charge in [0.2, 0.25) is 5.91 Å². The predicted octanol–water partition coefficient (Wildman–Crippen LogP) is 1.44. The van der Waals surface area contributed by atoms with Crippen molar-refractivity contribution in [2.24, 2.45) is 5.41 Å². The third kappa shape index (κ3) is 4.31. The van der Waals surface area contributed by atoms with Crippen molar-refractivity contribution < 1.29 is 19.1 Å². The van der Waals surface area contributed by atoms with Crippen molar-refractivity contribution in [1.82, 2.24) is 10.6 Å². The Morgan fingerprint density at radius 2 is 2.00 bits per heavy atom. The van der Waals surface area contributed by atoms with Crippen LogP contribution in [0.5, 0.6) is 0 Å². The van der Waals surface area contributed by atoms with Gasteiger partial charge in [-0.05, 0) is 40.9 Å². The Labute approximate surface area is 131 Å². The number of rotatable bonds is 6. The van der Waals surface area contributed by atoms with Gasteiger partial charge in [-0.2, -0.15) is 0 Å². The molecule has 1 fully saturated rings. The molecule has 0 aliphatic heterocycles. The average Bonchev–Trinajstić information content (AvgIpc) is 3.12. The van der Waals surface area contributed by atoms with E-state index in [1.165, 1.54) is 6.07 Å². The van der Waals surface area contributed by atoms with E-state index >= 15 is 0 Å². The summed E-state index contributed by atoms with van der Waals surface area (Å²) >= 11 is 3.11. The number of halogens is 1. The Morgan fingerprint density at radius 3 is 2.57 bits per heavy atom. The van der Waals surface area contributed by atoms with Crippen molar-refractivity contribution in [3.63, 3.8) is 0 Å². The molecule has 0 bridgehead atoms. The van der Waals surface area contributed by atoms with Gasteiger partial charge in [0.25, 0.3) is 5.91 Å². The van der Waals surface area contributed by atoms with Gasteiger partial charge in [-0.25, -0.2) is 0 Å². The van der Waals surface area contributed by atoms with Crippen LogP contribution in [0.25, 0.3) is 0 Å². The minimum atomic E-state index is -0.436. The lowest BCUT2D eigenvalue weighted by Crippen LogP contribution is -2.42. The van der Waals surface area contributed by atoms with Gasteiger partial charge < -0.3 is 20.2 Å². The number of hydrogen-bond acceptors (Lipinski definition) is 4. The van der Waals surface area contributed by atoms with Gasteiger partial charge in [-0.15, -0.1) is 0 Å². The molecule has 0 saturated heterocycles. The molecule has 1 heterocycles. The molecule has 2 rings (SSSR count). The summed E-state index contributed by atoms with van der Waals surface area (Å²) in [6.07, 6.45) is 4.02. The van der Waals surface area contributed by atoms with Crippen molar-refractivity contribution in [2.75, 3.05) is 19.7 Å². The second-order valence-electron chi connectivity index (χ2n) is 5.43. The highest BCUT2D eigenvalue weighted by atomic mass is 79.9. The van der Waals surface area contributed by atoms with Crippen molar-refractivity contribution >= 4 is 27.7 Å². The topological polar surface area (TPSA) is 91.6 Å². The molecule has 0 unspecified atom stereocenters. The third-order valence-electron chi connectivity index (χ3n) is 3.87. The fraction of sp³-hybridized carbons (Fsp3) is 0.571. The van der Waals surface area contributed by atoms with Gasteiger partial charge in [-0.1, -0.05) is 12.8 Å². The normalized spacial score (nSPS) is 16.7. The average molecular weight is 359 g/mol. The third-order valence-corrected chi connectivity index (χ3v) is 4.29. The largest absolute Gasteiger partial charge is 0.444 e. The number of furan rings is 1. The van der Waals surface area contributed by atoms with Gasteiger partial charge in [0.15, 0.2) is 10.4 Å². The van der Waals surface area contributed by atoms with Crippen molar-refractivity contribution in [2.45, 2.75) is 25.7 Å². The summed E-state index contributed by atoms with van der Waals surface area (Å²) < 4.78 is 5.55. The van der Waals surface area contributed by atoms with Crippen LogP contribution in [-0.2, 0) is 4.79 Å². The molecule has 0 radical (unpaired) electrons. The molecular formula is C14H19BrN2O4. The maximum atomic E-state index is 11.8. The molecule has 116 valence electrons. The quantitative estimate of drug-likeness (QED) is 0.717. The monoisotopic (exact) mass is 358 g/mol. The van der Waals surface area contributed by atoms with Gasteiger partial charge >= 0.3 is 0 Å². The van der Waals surface area contributed by atoms with Crippen LogP contribution < -0.4 is 10.6 Å². The number of carbonyl (C=O) groups is 2. The molecule has 3 N–H and O–H groups in total.